The van der Waals surface area contributed by atoms with Crippen LogP contribution in [0.3, 0.4) is 0 Å². The lowest BCUT2D eigenvalue weighted by Crippen LogP contribution is -2.52. The van der Waals surface area contributed by atoms with Gasteiger partial charge in [0.15, 0.2) is 17.3 Å². The molecule has 1 aliphatic rings. The third kappa shape index (κ3) is 4.01. The smallest absolute Gasteiger partial charge is 0.183 e. The van der Waals surface area contributed by atoms with Gasteiger partial charge in [-0.2, -0.15) is 5.26 Å². The minimum absolute atomic E-state index is 0.177. The van der Waals surface area contributed by atoms with Gasteiger partial charge >= 0.3 is 0 Å². The monoisotopic (exact) mass is 335 g/mol. The number of hydrogen-bond acceptors (Lipinski definition) is 6. The predicted molar refractivity (Wildman–Crippen MR) is 95.4 cm³/mol. The molecule has 0 amide bonds. The Morgan fingerprint density at radius 3 is 2.72 bits per heavy atom. The highest BCUT2D eigenvalue weighted by molar-refractivity contribution is 5.96. The Morgan fingerprint density at radius 2 is 2.00 bits per heavy atom. The molecule has 2 heterocycles. The fraction of sp³-hybridized carbons (Fsp3) is 0.368. The van der Waals surface area contributed by atoms with E-state index in [9.17, 15) is 10.1 Å². The molecule has 25 heavy (non-hydrogen) atoms. The van der Waals surface area contributed by atoms with E-state index in [1.54, 1.807) is 6.20 Å². The molecule has 1 aliphatic heterocycles. The number of nitriles is 1. The summed E-state index contributed by atoms with van der Waals surface area (Å²) in [6.45, 7) is 5.27. The Kier molecular flexibility index (Phi) is 5.36. The van der Waals surface area contributed by atoms with Gasteiger partial charge in [-0.05, 0) is 6.92 Å². The Morgan fingerprint density at radius 1 is 1.24 bits per heavy atom. The van der Waals surface area contributed by atoms with Crippen molar-refractivity contribution in [3.05, 3.63) is 54.0 Å². The molecule has 6 heteroatoms. The summed E-state index contributed by atoms with van der Waals surface area (Å²) in [7, 11) is 0. The van der Waals surface area contributed by atoms with Crippen LogP contribution < -0.4 is 4.90 Å². The number of ketones is 1. The van der Waals surface area contributed by atoms with Gasteiger partial charge in [0.25, 0.3) is 0 Å². The van der Waals surface area contributed by atoms with Crippen LogP contribution in [0.1, 0.15) is 29.4 Å². The van der Waals surface area contributed by atoms with Gasteiger partial charge < -0.3 is 4.90 Å². The van der Waals surface area contributed by atoms with E-state index in [0.717, 1.165) is 31.7 Å². The Labute approximate surface area is 147 Å². The van der Waals surface area contributed by atoms with Crippen molar-refractivity contribution in [1.29, 1.82) is 5.26 Å². The van der Waals surface area contributed by atoms with Gasteiger partial charge in [-0.15, -0.1) is 0 Å². The van der Waals surface area contributed by atoms with Gasteiger partial charge in [-0.3, -0.25) is 9.69 Å². The number of carbonyl (C=O) groups excluding carboxylic acids is 1. The largest absolute Gasteiger partial charge is 0.351 e. The van der Waals surface area contributed by atoms with Gasteiger partial charge in [-0.25, -0.2) is 9.97 Å². The number of benzene rings is 1. The lowest BCUT2D eigenvalue weighted by atomic mass is 10.1. The van der Waals surface area contributed by atoms with Gasteiger partial charge in [-0.1, -0.05) is 30.3 Å². The van der Waals surface area contributed by atoms with Gasteiger partial charge in [0.2, 0.25) is 0 Å². The van der Waals surface area contributed by atoms with Crippen LogP contribution in [0.25, 0.3) is 0 Å². The molecule has 1 fully saturated rings. The molecule has 0 aliphatic carbocycles. The normalized spacial score (nSPS) is 17.9. The van der Waals surface area contributed by atoms with Crippen LogP contribution in [0.2, 0.25) is 0 Å². The number of anilines is 1. The highest BCUT2D eigenvalue weighted by atomic mass is 16.1. The van der Waals surface area contributed by atoms with Gasteiger partial charge in [0.1, 0.15) is 6.07 Å². The lowest BCUT2D eigenvalue weighted by molar-refractivity contribution is 0.0948. The zero-order chi connectivity index (χ0) is 17.6. The van der Waals surface area contributed by atoms with E-state index in [0.29, 0.717) is 17.9 Å². The summed E-state index contributed by atoms with van der Waals surface area (Å²) in [5.74, 6) is 0.827. The molecule has 1 atom stereocenters. The maximum atomic E-state index is 12.3. The third-order valence-corrected chi connectivity index (χ3v) is 4.57. The van der Waals surface area contributed by atoms with Crippen LogP contribution in [-0.2, 0) is 0 Å². The van der Waals surface area contributed by atoms with E-state index in [-0.39, 0.29) is 11.8 Å². The summed E-state index contributed by atoms with van der Waals surface area (Å²) < 4.78 is 0. The number of aromatic nitrogens is 2. The van der Waals surface area contributed by atoms with Crippen LogP contribution in [0.4, 0.5) is 5.82 Å². The van der Waals surface area contributed by atoms with E-state index in [1.165, 1.54) is 6.20 Å². The molecule has 0 saturated carbocycles. The number of Topliss-reactive ketones (excluding diaryl/α,β-unsaturated/α-hetero) is 1. The second kappa shape index (κ2) is 7.86. The summed E-state index contributed by atoms with van der Waals surface area (Å²) in [4.78, 5) is 25.1. The molecule has 2 aromatic rings. The van der Waals surface area contributed by atoms with Crippen molar-refractivity contribution >= 4 is 11.6 Å². The van der Waals surface area contributed by atoms with Crippen molar-refractivity contribution in [2.24, 2.45) is 0 Å². The zero-order valence-corrected chi connectivity index (χ0v) is 14.3. The molecule has 1 aromatic heterocycles. The van der Waals surface area contributed by atoms with E-state index in [1.807, 2.05) is 30.3 Å². The molecular weight excluding hydrogens is 314 g/mol. The lowest BCUT2D eigenvalue weighted by Gasteiger charge is -2.40. The summed E-state index contributed by atoms with van der Waals surface area (Å²) in [6, 6.07) is 11.8. The average Bonchev–Trinajstić information content (AvgIpc) is 2.67. The van der Waals surface area contributed by atoms with Crippen molar-refractivity contribution in [1.82, 2.24) is 14.9 Å². The number of carbonyl (C=O) groups is 1. The molecule has 1 unspecified atom stereocenters. The maximum absolute atomic E-state index is 12.3. The molecule has 6 nitrogen and oxygen atoms in total. The average molecular weight is 335 g/mol. The number of rotatable bonds is 5. The molecule has 3 rings (SSSR count). The summed E-state index contributed by atoms with van der Waals surface area (Å²) in [6.07, 6.45) is 3.67. The van der Waals surface area contributed by atoms with E-state index in [4.69, 9.17) is 0 Å². The van der Waals surface area contributed by atoms with E-state index in [2.05, 4.69) is 32.8 Å². The van der Waals surface area contributed by atoms with Crippen molar-refractivity contribution < 1.29 is 4.79 Å². The first-order valence-electron chi connectivity index (χ1n) is 8.47. The summed E-state index contributed by atoms with van der Waals surface area (Å²) in [5.41, 5.74) is 1.13. The van der Waals surface area contributed by atoms with Gasteiger partial charge in [0, 0.05) is 56.6 Å². The fourth-order valence-corrected chi connectivity index (χ4v) is 3.17. The topological polar surface area (TPSA) is 73.1 Å². The maximum Gasteiger partial charge on any atom is 0.183 e. The summed E-state index contributed by atoms with van der Waals surface area (Å²) >= 11 is 0. The first kappa shape index (κ1) is 17.1. The van der Waals surface area contributed by atoms with Crippen LogP contribution >= 0.6 is 0 Å². The third-order valence-electron chi connectivity index (χ3n) is 4.57. The second-order valence-electron chi connectivity index (χ2n) is 6.21. The molecule has 0 N–H and O–H groups in total. The van der Waals surface area contributed by atoms with Crippen molar-refractivity contribution in [2.75, 3.05) is 31.1 Å². The fourth-order valence-electron chi connectivity index (χ4n) is 3.17. The minimum Gasteiger partial charge on any atom is -0.351 e. The molecule has 128 valence electrons. The highest BCUT2D eigenvalue weighted by Crippen LogP contribution is 2.19. The molecule has 1 aromatic carbocycles. The SMILES string of the molecule is CC1CN(c2nccnc2C#N)CCN1CCC(=O)c1ccccc1. The first-order chi connectivity index (χ1) is 12.2. The number of piperazine rings is 1. The van der Waals surface area contributed by atoms with Crippen LogP contribution in [0.5, 0.6) is 0 Å². The molecular formula is C19H21N5O. The molecule has 1 saturated heterocycles. The number of nitrogens with zero attached hydrogens (tertiary/aromatic N) is 5. The molecule has 0 bridgehead atoms. The van der Waals surface area contributed by atoms with Crippen molar-refractivity contribution in [3.8, 4) is 6.07 Å². The van der Waals surface area contributed by atoms with Crippen molar-refractivity contribution in [3.63, 3.8) is 0 Å². The molecule has 0 spiro atoms. The highest BCUT2D eigenvalue weighted by Gasteiger charge is 2.26. The Bertz CT molecular complexity index is 771. The minimum atomic E-state index is 0.177. The van der Waals surface area contributed by atoms with Gasteiger partial charge in [0.05, 0.1) is 0 Å². The molecule has 0 radical (unpaired) electrons. The predicted octanol–water partition coefficient (Wildman–Crippen LogP) is 2.13. The van der Waals surface area contributed by atoms with E-state index >= 15 is 0 Å². The Balaban J connectivity index is 1.57. The quantitative estimate of drug-likeness (QED) is 0.780. The van der Waals surface area contributed by atoms with Crippen molar-refractivity contribution in [2.45, 2.75) is 19.4 Å². The number of hydrogen-bond donors (Lipinski definition) is 0. The van der Waals surface area contributed by atoms with Crippen LogP contribution in [0, 0.1) is 11.3 Å². The van der Waals surface area contributed by atoms with E-state index < -0.39 is 0 Å². The zero-order valence-electron chi connectivity index (χ0n) is 14.3. The van der Waals surface area contributed by atoms with Crippen LogP contribution in [-0.4, -0.2) is 52.9 Å². The van der Waals surface area contributed by atoms with Crippen LogP contribution in [0.15, 0.2) is 42.7 Å². The standard InChI is InChI=1S/C19H21N5O/c1-15-14-24(19-17(13-20)21-8-9-22-19)12-11-23(15)10-7-18(25)16-5-3-2-4-6-16/h2-6,8-9,15H,7,10-12,14H2,1H3. The Hall–Kier alpha value is -2.78. The summed E-state index contributed by atoms with van der Waals surface area (Å²) in [5, 5.41) is 9.19. The first-order valence-corrected chi connectivity index (χ1v) is 8.47. The second-order valence-corrected chi connectivity index (χ2v) is 6.21.